The molecule has 0 spiro atoms. The highest BCUT2D eigenvalue weighted by molar-refractivity contribution is 6.35. The normalized spacial score (nSPS) is 18.4. The van der Waals surface area contributed by atoms with Crippen molar-refractivity contribution in [3.63, 3.8) is 0 Å². The third-order valence-corrected chi connectivity index (χ3v) is 7.79. The Morgan fingerprint density at radius 2 is 1.93 bits per heavy atom. The Morgan fingerprint density at radius 3 is 2.73 bits per heavy atom. The van der Waals surface area contributed by atoms with Crippen LogP contribution < -0.4 is 10.2 Å². The van der Waals surface area contributed by atoms with Crippen LogP contribution in [0.5, 0.6) is 0 Å². The Balaban J connectivity index is 1.40. The number of aromatic nitrogens is 3. The number of aryl methyl sites for hydroxylation is 1. The first kappa shape index (κ1) is 28.1. The summed E-state index contributed by atoms with van der Waals surface area (Å²) >= 11 is 6.59. The van der Waals surface area contributed by atoms with Gasteiger partial charge in [0.1, 0.15) is 17.8 Å². The number of likely N-dealkylation sites (tertiary alicyclic amines) is 2. The lowest BCUT2D eigenvalue weighted by atomic mass is 10.1. The summed E-state index contributed by atoms with van der Waals surface area (Å²) in [5, 5.41) is 3.69. The number of carbonyl (C=O) groups excluding carboxylic acids is 2. The smallest absolute Gasteiger partial charge is 0.251 e. The minimum atomic E-state index is -0.201. The molecule has 2 aliphatic heterocycles. The maximum atomic E-state index is 13.5. The molecule has 212 valence electrons. The number of carbonyl (C=O) groups is 2. The van der Waals surface area contributed by atoms with Crippen LogP contribution in [-0.2, 0) is 4.79 Å². The molecule has 0 bridgehead atoms. The average Bonchev–Trinajstić information content (AvgIpc) is 3.52. The van der Waals surface area contributed by atoms with E-state index >= 15 is 0 Å². The van der Waals surface area contributed by atoms with Gasteiger partial charge in [-0.2, -0.15) is 4.73 Å². The van der Waals surface area contributed by atoms with Gasteiger partial charge in [0.05, 0.1) is 10.5 Å². The van der Waals surface area contributed by atoms with Gasteiger partial charge in [0.25, 0.3) is 5.91 Å². The summed E-state index contributed by atoms with van der Waals surface area (Å²) in [5.74, 6) is 0.278. The number of hydrogen-bond donors (Lipinski definition) is 1. The van der Waals surface area contributed by atoms with Gasteiger partial charge in [-0.15, -0.1) is 0 Å². The maximum Gasteiger partial charge on any atom is 0.251 e. The third kappa shape index (κ3) is 6.47. The topological polar surface area (TPSA) is 92.6 Å². The van der Waals surface area contributed by atoms with Crippen LogP contribution in [-0.4, -0.2) is 81.7 Å². The number of nitrogens with zero attached hydrogens (tertiary/aromatic N) is 5. The Morgan fingerprint density at radius 1 is 1.12 bits per heavy atom. The summed E-state index contributed by atoms with van der Waals surface area (Å²) in [6.07, 6.45) is 8.45. The van der Waals surface area contributed by atoms with Gasteiger partial charge in [0, 0.05) is 36.9 Å². The van der Waals surface area contributed by atoms with E-state index in [1.54, 1.807) is 29.0 Å². The Bertz CT molecular complexity index is 1400. The first-order chi connectivity index (χ1) is 19.4. The minimum Gasteiger partial charge on any atom is -0.410 e. The van der Waals surface area contributed by atoms with Crippen molar-refractivity contribution in [3.05, 3.63) is 58.8 Å². The molecule has 0 saturated carbocycles. The lowest BCUT2D eigenvalue weighted by Crippen LogP contribution is -2.44. The minimum absolute atomic E-state index is 0.0204. The van der Waals surface area contributed by atoms with Crippen LogP contribution in [0.3, 0.4) is 0 Å². The van der Waals surface area contributed by atoms with Gasteiger partial charge in [-0.3, -0.25) is 14.5 Å². The van der Waals surface area contributed by atoms with Crippen LogP contribution in [0.2, 0.25) is 5.02 Å². The predicted molar refractivity (Wildman–Crippen MR) is 156 cm³/mol. The molecule has 10 heteroatoms. The van der Waals surface area contributed by atoms with Crippen molar-refractivity contribution in [2.75, 3.05) is 39.3 Å². The molecule has 2 fully saturated rings. The first-order valence-electron chi connectivity index (χ1n) is 14.2. The van der Waals surface area contributed by atoms with E-state index in [1.165, 1.54) is 12.8 Å². The van der Waals surface area contributed by atoms with Gasteiger partial charge in [0.15, 0.2) is 5.82 Å². The number of rotatable bonds is 8. The molecule has 0 unspecified atom stereocenters. The fourth-order valence-corrected chi connectivity index (χ4v) is 5.75. The average molecular weight is 565 g/mol. The molecule has 2 aromatic heterocycles. The molecule has 5 rings (SSSR count). The van der Waals surface area contributed by atoms with E-state index < -0.39 is 0 Å². The Labute approximate surface area is 240 Å². The molecular weight excluding hydrogens is 528 g/mol. The van der Waals surface area contributed by atoms with Gasteiger partial charge < -0.3 is 15.1 Å². The number of para-hydroxylation sites is 1. The van der Waals surface area contributed by atoms with Crippen LogP contribution in [0.25, 0.3) is 22.6 Å². The molecule has 2 amide bonds. The quantitative estimate of drug-likeness (QED) is 0.411. The zero-order chi connectivity index (χ0) is 28.1. The Kier molecular flexibility index (Phi) is 9.01. The number of benzene rings is 1. The van der Waals surface area contributed by atoms with E-state index in [-0.39, 0.29) is 17.9 Å². The number of imidazole rings is 1. The summed E-state index contributed by atoms with van der Waals surface area (Å²) in [5.41, 5.74) is 3.08. The number of allylic oxidation sites excluding steroid dienone is 1. The molecule has 0 aliphatic carbocycles. The molecule has 1 aromatic carbocycles. The van der Waals surface area contributed by atoms with E-state index in [1.807, 2.05) is 36.9 Å². The summed E-state index contributed by atoms with van der Waals surface area (Å²) in [7, 11) is 0. The standard InChI is InChI=1S/C30H37ClN6O3/c1-3-9-27(38)36-15-5-4-10-23(20-36)33-30(39)22-18-21(2)32-26(19-22)29-34-25-12-8-11-24(31)28(25)37(29)40-17-16-35-13-6-7-14-35/h3,8-9,11-12,18-19,23H,4-7,10,13-17,20H2,1-2H3,(H,33,39)/b9-3+/t23-/m1/s1. The van der Waals surface area contributed by atoms with Crippen LogP contribution in [0.1, 0.15) is 55.1 Å². The van der Waals surface area contributed by atoms with Crippen molar-refractivity contribution in [2.45, 2.75) is 52.0 Å². The van der Waals surface area contributed by atoms with Gasteiger partial charge in [-0.05, 0) is 89.4 Å². The highest BCUT2D eigenvalue weighted by Gasteiger charge is 2.24. The molecular formula is C30H37ClN6O3. The fraction of sp³-hybridized carbons (Fsp3) is 0.467. The third-order valence-electron chi connectivity index (χ3n) is 7.49. The zero-order valence-electron chi connectivity index (χ0n) is 23.2. The molecule has 1 N–H and O–H groups in total. The second-order valence-corrected chi connectivity index (χ2v) is 11.0. The first-order valence-corrected chi connectivity index (χ1v) is 14.5. The van der Waals surface area contributed by atoms with E-state index in [0.29, 0.717) is 58.5 Å². The second kappa shape index (κ2) is 12.8. The largest absolute Gasteiger partial charge is 0.410 e. The zero-order valence-corrected chi connectivity index (χ0v) is 24.0. The number of fused-ring (bicyclic) bond motifs is 1. The lowest BCUT2D eigenvalue weighted by Gasteiger charge is -2.24. The van der Waals surface area contributed by atoms with E-state index in [0.717, 1.165) is 38.9 Å². The molecule has 3 aromatic rings. The molecule has 2 saturated heterocycles. The van der Waals surface area contributed by atoms with E-state index in [9.17, 15) is 9.59 Å². The number of nitrogens with one attached hydrogen (secondary N) is 1. The van der Waals surface area contributed by atoms with Crippen molar-refractivity contribution in [1.82, 2.24) is 29.8 Å². The van der Waals surface area contributed by atoms with Crippen molar-refractivity contribution in [2.24, 2.45) is 0 Å². The van der Waals surface area contributed by atoms with Crippen molar-refractivity contribution >= 4 is 34.4 Å². The van der Waals surface area contributed by atoms with E-state index in [2.05, 4.69) is 10.2 Å². The lowest BCUT2D eigenvalue weighted by molar-refractivity contribution is -0.126. The SMILES string of the molecule is C/C=C/C(=O)N1CCCC[C@@H](NC(=O)c2cc(C)nc(-c3nc4cccc(Cl)c4n3OCCN3CCCC3)c2)C1. The van der Waals surface area contributed by atoms with Crippen molar-refractivity contribution < 1.29 is 14.4 Å². The van der Waals surface area contributed by atoms with Gasteiger partial charge in [-0.25, -0.2) is 9.97 Å². The molecule has 2 aliphatic rings. The summed E-state index contributed by atoms with van der Waals surface area (Å²) in [6.45, 7) is 8.34. The van der Waals surface area contributed by atoms with Crippen molar-refractivity contribution in [3.8, 4) is 11.5 Å². The van der Waals surface area contributed by atoms with Crippen LogP contribution in [0.4, 0.5) is 0 Å². The molecule has 9 nitrogen and oxygen atoms in total. The molecule has 4 heterocycles. The predicted octanol–water partition coefficient (Wildman–Crippen LogP) is 4.27. The number of halogens is 1. The Hall–Kier alpha value is -3.43. The van der Waals surface area contributed by atoms with Crippen molar-refractivity contribution in [1.29, 1.82) is 0 Å². The number of amides is 2. The fourth-order valence-electron chi connectivity index (χ4n) is 5.51. The number of pyridine rings is 1. The highest BCUT2D eigenvalue weighted by Crippen LogP contribution is 2.29. The molecule has 40 heavy (non-hydrogen) atoms. The van der Waals surface area contributed by atoms with Crippen LogP contribution in [0.15, 0.2) is 42.5 Å². The van der Waals surface area contributed by atoms with E-state index in [4.69, 9.17) is 26.4 Å². The summed E-state index contributed by atoms with van der Waals surface area (Å²) < 4.78 is 1.66. The van der Waals surface area contributed by atoms with Gasteiger partial charge in [-0.1, -0.05) is 23.7 Å². The molecule has 0 radical (unpaired) electrons. The summed E-state index contributed by atoms with van der Waals surface area (Å²) in [6, 6.07) is 8.95. The summed E-state index contributed by atoms with van der Waals surface area (Å²) in [4.78, 5) is 45.9. The molecule has 1 atom stereocenters. The van der Waals surface area contributed by atoms with Crippen LogP contribution in [0, 0.1) is 6.92 Å². The van der Waals surface area contributed by atoms with Gasteiger partial charge in [0.2, 0.25) is 5.91 Å². The van der Waals surface area contributed by atoms with Crippen LogP contribution >= 0.6 is 11.6 Å². The number of hydrogen-bond acceptors (Lipinski definition) is 6. The maximum absolute atomic E-state index is 13.5. The second-order valence-electron chi connectivity index (χ2n) is 10.6. The monoisotopic (exact) mass is 564 g/mol. The highest BCUT2D eigenvalue weighted by atomic mass is 35.5. The van der Waals surface area contributed by atoms with Gasteiger partial charge >= 0.3 is 0 Å².